The third-order valence-corrected chi connectivity index (χ3v) is 6.28. The van der Waals surface area contributed by atoms with Gasteiger partial charge in [-0.25, -0.2) is 14.8 Å². The lowest BCUT2D eigenvalue weighted by Crippen LogP contribution is -2.40. The van der Waals surface area contributed by atoms with E-state index in [4.69, 9.17) is 14.2 Å². The number of aromatic nitrogens is 2. The molecule has 11 heteroatoms. The number of amides is 2. The number of benzene rings is 2. The molecule has 4 rings (SSSR count). The molecule has 1 fully saturated rings. The Morgan fingerprint density at radius 1 is 1.07 bits per heavy atom. The topological polar surface area (TPSA) is 139 Å². The van der Waals surface area contributed by atoms with E-state index in [2.05, 4.69) is 26.7 Å². The van der Waals surface area contributed by atoms with Crippen molar-refractivity contribution in [2.24, 2.45) is 0 Å². The van der Waals surface area contributed by atoms with Gasteiger partial charge in [0, 0.05) is 68.1 Å². The molecule has 11 nitrogen and oxygen atoms in total. The number of hydrogen-bond donors (Lipinski definition) is 2. The fourth-order valence-corrected chi connectivity index (χ4v) is 4.34. The van der Waals surface area contributed by atoms with Crippen LogP contribution < -0.4 is 20.1 Å². The fraction of sp³-hybridized carbons (Fsp3) is 0.367. The summed E-state index contributed by atoms with van der Waals surface area (Å²) in [7, 11) is 1.53. The van der Waals surface area contributed by atoms with E-state index < -0.39 is 11.7 Å². The molecule has 0 bridgehead atoms. The summed E-state index contributed by atoms with van der Waals surface area (Å²) in [5.41, 5.74) is 2.15. The van der Waals surface area contributed by atoms with Crippen LogP contribution in [0.1, 0.15) is 46.1 Å². The molecule has 3 aromatic rings. The van der Waals surface area contributed by atoms with Crippen LogP contribution in [0.15, 0.2) is 48.7 Å². The zero-order valence-corrected chi connectivity index (χ0v) is 23.9. The van der Waals surface area contributed by atoms with Crippen molar-refractivity contribution in [2.75, 3.05) is 30.8 Å². The monoisotopic (exact) mass is 558 g/mol. The van der Waals surface area contributed by atoms with Crippen LogP contribution in [0, 0.1) is 11.3 Å². The minimum atomic E-state index is -0.637. The van der Waals surface area contributed by atoms with Crippen molar-refractivity contribution in [1.29, 1.82) is 5.26 Å². The molecule has 0 spiro atoms. The van der Waals surface area contributed by atoms with Gasteiger partial charge in [-0.3, -0.25) is 10.1 Å². The van der Waals surface area contributed by atoms with E-state index in [1.807, 2.05) is 6.07 Å². The number of nitrogens with one attached hydrogen (secondary N) is 2. The Balaban J connectivity index is 1.49. The van der Waals surface area contributed by atoms with E-state index in [0.29, 0.717) is 66.0 Å². The molecule has 1 saturated heterocycles. The molecule has 0 atom stereocenters. The molecule has 2 N–H and O–H groups in total. The number of nitrogens with zero attached hydrogens (tertiary/aromatic N) is 4. The van der Waals surface area contributed by atoms with Gasteiger partial charge in [0.2, 0.25) is 11.9 Å². The fourth-order valence-electron chi connectivity index (χ4n) is 4.34. The van der Waals surface area contributed by atoms with Gasteiger partial charge >= 0.3 is 6.09 Å². The average Bonchev–Trinajstić information content (AvgIpc) is 2.92. The maximum Gasteiger partial charge on any atom is 0.412 e. The molecule has 0 radical (unpaired) electrons. The van der Waals surface area contributed by atoms with Crippen molar-refractivity contribution in [3.05, 3.63) is 54.2 Å². The molecule has 41 heavy (non-hydrogen) atoms. The minimum absolute atomic E-state index is 0.0593. The third-order valence-electron chi connectivity index (χ3n) is 6.28. The molecule has 2 heterocycles. The second kappa shape index (κ2) is 12.6. The van der Waals surface area contributed by atoms with Crippen LogP contribution in [0.4, 0.5) is 22.1 Å². The summed E-state index contributed by atoms with van der Waals surface area (Å²) in [6, 6.07) is 14.5. The second-order valence-electron chi connectivity index (χ2n) is 10.6. The van der Waals surface area contributed by atoms with Gasteiger partial charge in [0.25, 0.3) is 0 Å². The first-order valence-corrected chi connectivity index (χ1v) is 13.3. The molecule has 0 unspecified atom stereocenters. The maximum absolute atomic E-state index is 12.3. The largest absolute Gasteiger partial charge is 0.497 e. The molecule has 1 aromatic heterocycles. The molecule has 2 aromatic carbocycles. The van der Waals surface area contributed by atoms with Gasteiger partial charge in [-0.2, -0.15) is 5.26 Å². The Bertz CT molecular complexity index is 1450. The van der Waals surface area contributed by atoms with E-state index in [1.54, 1.807) is 75.2 Å². The highest BCUT2D eigenvalue weighted by Crippen LogP contribution is 2.30. The smallest absolute Gasteiger partial charge is 0.412 e. The van der Waals surface area contributed by atoms with Crippen LogP contribution in [0.2, 0.25) is 0 Å². The van der Waals surface area contributed by atoms with Gasteiger partial charge in [0.05, 0.1) is 18.4 Å². The Hall–Kier alpha value is -4.85. The van der Waals surface area contributed by atoms with Crippen LogP contribution in [0.25, 0.3) is 11.3 Å². The lowest BCUT2D eigenvalue weighted by molar-refractivity contribution is -0.130. The third kappa shape index (κ3) is 8.08. The molecule has 2 amide bonds. The molecular formula is C30H34N6O5. The molecule has 214 valence electrons. The van der Waals surface area contributed by atoms with Gasteiger partial charge in [-0.05, 0) is 51.1 Å². The minimum Gasteiger partial charge on any atom is -0.497 e. The highest BCUT2D eigenvalue weighted by molar-refractivity contribution is 5.86. The number of likely N-dealkylation sites (tertiary alicyclic amines) is 1. The van der Waals surface area contributed by atoms with Crippen molar-refractivity contribution in [1.82, 2.24) is 14.9 Å². The summed E-state index contributed by atoms with van der Waals surface area (Å²) in [4.78, 5) is 34.6. The summed E-state index contributed by atoms with van der Waals surface area (Å²) in [6.45, 7) is 8.22. The van der Waals surface area contributed by atoms with Crippen molar-refractivity contribution >= 4 is 29.3 Å². The normalized spacial score (nSPS) is 13.6. The van der Waals surface area contributed by atoms with E-state index in [1.165, 1.54) is 7.11 Å². The molecule has 0 saturated carbocycles. The molecule has 0 aliphatic carbocycles. The second-order valence-corrected chi connectivity index (χ2v) is 10.6. The number of anilines is 3. The highest BCUT2D eigenvalue weighted by atomic mass is 16.6. The quantitative estimate of drug-likeness (QED) is 0.384. The number of carbonyl (C=O) groups excluding carboxylic acids is 2. The number of methoxy groups -OCH3 is 1. The summed E-state index contributed by atoms with van der Waals surface area (Å²) in [5, 5.41) is 15.7. The lowest BCUT2D eigenvalue weighted by Gasteiger charge is -2.31. The number of ether oxygens (including phenoxy) is 3. The Morgan fingerprint density at radius 3 is 2.46 bits per heavy atom. The van der Waals surface area contributed by atoms with Gasteiger partial charge in [-0.15, -0.1) is 0 Å². The zero-order valence-electron chi connectivity index (χ0n) is 23.9. The predicted octanol–water partition coefficient (Wildman–Crippen LogP) is 5.50. The van der Waals surface area contributed by atoms with Gasteiger partial charge in [-0.1, -0.05) is 0 Å². The Morgan fingerprint density at radius 2 is 1.80 bits per heavy atom. The van der Waals surface area contributed by atoms with E-state index >= 15 is 0 Å². The van der Waals surface area contributed by atoms with Crippen molar-refractivity contribution in [3.8, 4) is 28.8 Å². The summed E-state index contributed by atoms with van der Waals surface area (Å²) in [5.74, 6) is 1.40. The Kier molecular flexibility index (Phi) is 8.92. The number of nitriles is 1. The van der Waals surface area contributed by atoms with E-state index in [-0.39, 0.29) is 12.0 Å². The molecule has 1 aliphatic heterocycles. The summed E-state index contributed by atoms with van der Waals surface area (Å²) in [6.07, 6.45) is 2.40. The van der Waals surface area contributed by atoms with Gasteiger partial charge in [0.15, 0.2) is 0 Å². The number of carbonyl (C=O) groups is 2. The van der Waals surface area contributed by atoms with Crippen LogP contribution in [0.3, 0.4) is 0 Å². The first kappa shape index (κ1) is 29.1. The Labute approximate surface area is 239 Å². The summed E-state index contributed by atoms with van der Waals surface area (Å²) >= 11 is 0. The SMILES string of the molecule is COc1cc(NC(=O)OC(C)(C)C)cc(Nc2nccc(-c3ccc(OC4CCN(C(C)=O)CC4)c(C#N)c3)n2)c1. The van der Waals surface area contributed by atoms with Crippen LogP contribution in [-0.2, 0) is 9.53 Å². The van der Waals surface area contributed by atoms with Crippen LogP contribution in [-0.4, -0.2) is 58.8 Å². The van der Waals surface area contributed by atoms with Crippen LogP contribution in [0.5, 0.6) is 11.5 Å². The van der Waals surface area contributed by atoms with E-state index in [9.17, 15) is 14.9 Å². The highest BCUT2D eigenvalue weighted by Gasteiger charge is 2.23. The zero-order chi connectivity index (χ0) is 29.6. The van der Waals surface area contributed by atoms with Crippen molar-refractivity contribution in [2.45, 2.75) is 52.2 Å². The maximum atomic E-state index is 12.3. The average molecular weight is 559 g/mol. The standard InChI is InChI=1S/C30H34N6O5/c1-19(37)36-12-9-24(10-13-36)40-27-7-6-20(14-21(27)18-31)26-8-11-32-28(35-26)33-22-15-23(17-25(16-22)39-5)34-29(38)41-30(2,3)4/h6-8,11,14-17,24H,9-10,12-13H2,1-5H3,(H,34,38)(H,32,33,35). The van der Waals surface area contributed by atoms with E-state index in [0.717, 1.165) is 5.56 Å². The first-order chi connectivity index (χ1) is 19.5. The lowest BCUT2D eigenvalue weighted by atomic mass is 10.1. The van der Waals surface area contributed by atoms with Crippen molar-refractivity contribution < 1.29 is 23.8 Å². The number of hydrogen-bond acceptors (Lipinski definition) is 9. The van der Waals surface area contributed by atoms with Gasteiger partial charge < -0.3 is 24.4 Å². The summed E-state index contributed by atoms with van der Waals surface area (Å²) < 4.78 is 16.9. The van der Waals surface area contributed by atoms with Crippen molar-refractivity contribution in [3.63, 3.8) is 0 Å². The van der Waals surface area contributed by atoms with Gasteiger partial charge in [0.1, 0.15) is 29.3 Å². The molecular weight excluding hydrogens is 524 g/mol. The number of piperidine rings is 1. The predicted molar refractivity (Wildman–Crippen MR) is 154 cm³/mol. The number of rotatable bonds is 7. The molecule has 1 aliphatic rings. The van der Waals surface area contributed by atoms with Crippen LogP contribution >= 0.6 is 0 Å². The first-order valence-electron chi connectivity index (χ1n) is 13.3.